The number of carbonyl (C=O) groups is 1. The Balaban J connectivity index is 2.05. The lowest BCUT2D eigenvalue weighted by atomic mass is 9.95. The summed E-state index contributed by atoms with van der Waals surface area (Å²) in [5.41, 5.74) is 2.22. The van der Waals surface area contributed by atoms with Gasteiger partial charge in [0.15, 0.2) is 5.76 Å². The average Bonchev–Trinajstić information content (AvgIpc) is 2.96. The lowest BCUT2D eigenvalue weighted by Gasteiger charge is -2.09. The number of ketones is 1. The molecule has 0 radical (unpaired) electrons. The van der Waals surface area contributed by atoms with E-state index < -0.39 is 0 Å². The Bertz CT molecular complexity index is 724. The molecule has 2 heteroatoms. The van der Waals surface area contributed by atoms with Crippen LogP contribution in [-0.2, 0) is 6.42 Å². The van der Waals surface area contributed by atoms with Crippen LogP contribution in [0, 0.1) is 6.92 Å². The van der Waals surface area contributed by atoms with Gasteiger partial charge in [-0.3, -0.25) is 4.79 Å². The van der Waals surface area contributed by atoms with Crippen LogP contribution in [-0.4, -0.2) is 5.78 Å². The highest BCUT2D eigenvalue weighted by Crippen LogP contribution is 2.23. The van der Waals surface area contributed by atoms with Crippen LogP contribution in [0.3, 0.4) is 0 Å². The van der Waals surface area contributed by atoms with Crippen molar-refractivity contribution in [2.24, 2.45) is 0 Å². The number of rotatable bonds is 3. The maximum absolute atomic E-state index is 12.2. The minimum atomic E-state index is 0.0180. The molecular formula is C17H14O2. The number of fused-ring (bicyclic) bond motifs is 1. The Morgan fingerprint density at radius 3 is 2.68 bits per heavy atom. The van der Waals surface area contributed by atoms with Crippen LogP contribution in [0.15, 0.2) is 59.2 Å². The molecule has 0 atom stereocenters. The number of carbonyl (C=O) groups excluding carboxylic acids is 1. The molecule has 19 heavy (non-hydrogen) atoms. The van der Waals surface area contributed by atoms with Crippen LogP contribution < -0.4 is 0 Å². The van der Waals surface area contributed by atoms with Gasteiger partial charge < -0.3 is 4.42 Å². The third kappa shape index (κ3) is 2.17. The molecule has 0 aliphatic rings. The SMILES string of the molecule is Cc1ccc2ccccc2c1CC(=O)c1ccco1. The Morgan fingerprint density at radius 2 is 1.89 bits per heavy atom. The molecule has 0 N–H and O–H groups in total. The highest BCUT2D eigenvalue weighted by molar-refractivity contribution is 5.98. The van der Waals surface area contributed by atoms with Crippen LogP contribution in [0.5, 0.6) is 0 Å². The van der Waals surface area contributed by atoms with E-state index in [1.54, 1.807) is 12.1 Å². The van der Waals surface area contributed by atoms with Crippen LogP contribution in [0.1, 0.15) is 21.7 Å². The number of furan rings is 1. The third-order valence-electron chi connectivity index (χ3n) is 3.41. The molecule has 0 aliphatic heterocycles. The molecule has 0 amide bonds. The second kappa shape index (κ2) is 4.73. The van der Waals surface area contributed by atoms with Gasteiger partial charge in [0.25, 0.3) is 0 Å². The van der Waals surface area contributed by atoms with Crippen LogP contribution in [0.25, 0.3) is 10.8 Å². The first-order chi connectivity index (χ1) is 9.25. The predicted molar refractivity (Wildman–Crippen MR) is 75.4 cm³/mol. The van der Waals surface area contributed by atoms with Crippen molar-refractivity contribution in [3.8, 4) is 0 Å². The van der Waals surface area contributed by atoms with E-state index in [4.69, 9.17) is 4.42 Å². The van der Waals surface area contributed by atoms with E-state index >= 15 is 0 Å². The zero-order chi connectivity index (χ0) is 13.2. The molecule has 0 saturated carbocycles. The van der Waals surface area contributed by atoms with Gasteiger partial charge in [-0.15, -0.1) is 0 Å². The van der Waals surface area contributed by atoms with Gasteiger partial charge in [0, 0.05) is 6.42 Å². The molecular weight excluding hydrogens is 236 g/mol. The molecule has 0 fully saturated rings. The summed E-state index contributed by atoms with van der Waals surface area (Å²) in [5.74, 6) is 0.441. The fraction of sp³-hybridized carbons (Fsp3) is 0.118. The van der Waals surface area contributed by atoms with Crippen LogP contribution in [0.4, 0.5) is 0 Å². The highest BCUT2D eigenvalue weighted by atomic mass is 16.3. The maximum Gasteiger partial charge on any atom is 0.202 e. The Kier molecular flexibility index (Phi) is 2.92. The van der Waals surface area contributed by atoms with Crippen molar-refractivity contribution in [1.82, 2.24) is 0 Å². The maximum atomic E-state index is 12.2. The standard InChI is InChI=1S/C17H14O2/c1-12-8-9-13-5-2-3-6-14(13)15(12)11-16(18)17-7-4-10-19-17/h2-10H,11H2,1H3. The van der Waals surface area contributed by atoms with Gasteiger partial charge in [-0.2, -0.15) is 0 Å². The fourth-order valence-corrected chi connectivity index (χ4v) is 2.36. The largest absolute Gasteiger partial charge is 0.461 e. The molecule has 0 bridgehead atoms. The summed E-state index contributed by atoms with van der Waals surface area (Å²) in [6.07, 6.45) is 1.91. The van der Waals surface area contributed by atoms with E-state index in [9.17, 15) is 4.79 Å². The van der Waals surface area contributed by atoms with Gasteiger partial charge in [-0.05, 0) is 41.0 Å². The van der Waals surface area contributed by atoms with Crippen molar-refractivity contribution in [2.45, 2.75) is 13.3 Å². The summed E-state index contributed by atoms with van der Waals surface area (Å²) in [6, 6.07) is 15.7. The van der Waals surface area contributed by atoms with E-state index in [0.717, 1.165) is 21.9 Å². The van der Waals surface area contributed by atoms with Crippen molar-refractivity contribution in [2.75, 3.05) is 0 Å². The van der Waals surface area contributed by atoms with Gasteiger partial charge in [0.05, 0.1) is 6.26 Å². The third-order valence-corrected chi connectivity index (χ3v) is 3.41. The van der Waals surface area contributed by atoms with E-state index in [-0.39, 0.29) is 5.78 Å². The molecule has 3 aromatic rings. The van der Waals surface area contributed by atoms with Crippen molar-refractivity contribution >= 4 is 16.6 Å². The first-order valence-electron chi connectivity index (χ1n) is 6.29. The average molecular weight is 250 g/mol. The Hall–Kier alpha value is -2.35. The van der Waals surface area contributed by atoms with Crippen LogP contribution >= 0.6 is 0 Å². The van der Waals surface area contributed by atoms with E-state index in [2.05, 4.69) is 24.3 Å². The van der Waals surface area contributed by atoms with Gasteiger partial charge in [0.1, 0.15) is 0 Å². The second-order valence-corrected chi connectivity index (χ2v) is 4.66. The van der Waals surface area contributed by atoms with E-state index in [1.807, 2.05) is 19.1 Å². The minimum Gasteiger partial charge on any atom is -0.461 e. The first-order valence-corrected chi connectivity index (χ1v) is 6.29. The molecule has 0 aliphatic carbocycles. The van der Waals surface area contributed by atoms with Crippen LogP contribution in [0.2, 0.25) is 0 Å². The number of aryl methyl sites for hydroxylation is 1. The molecule has 3 rings (SSSR count). The van der Waals surface area contributed by atoms with Gasteiger partial charge in [-0.1, -0.05) is 36.4 Å². The monoisotopic (exact) mass is 250 g/mol. The van der Waals surface area contributed by atoms with Crippen molar-refractivity contribution in [3.05, 3.63) is 71.7 Å². The molecule has 94 valence electrons. The number of hydrogen-bond donors (Lipinski definition) is 0. The van der Waals surface area contributed by atoms with E-state index in [1.165, 1.54) is 6.26 Å². The molecule has 0 unspecified atom stereocenters. The summed E-state index contributed by atoms with van der Waals surface area (Å²) in [5, 5.41) is 2.30. The molecule has 1 aromatic heterocycles. The number of benzene rings is 2. The summed E-state index contributed by atoms with van der Waals surface area (Å²) < 4.78 is 5.17. The smallest absolute Gasteiger partial charge is 0.202 e. The molecule has 0 saturated heterocycles. The lowest BCUT2D eigenvalue weighted by Crippen LogP contribution is -2.04. The Morgan fingerprint density at radius 1 is 1.05 bits per heavy atom. The zero-order valence-corrected chi connectivity index (χ0v) is 10.7. The highest BCUT2D eigenvalue weighted by Gasteiger charge is 2.13. The second-order valence-electron chi connectivity index (χ2n) is 4.66. The van der Waals surface area contributed by atoms with Gasteiger partial charge in [-0.25, -0.2) is 0 Å². The van der Waals surface area contributed by atoms with Crippen molar-refractivity contribution in [3.63, 3.8) is 0 Å². The molecule has 2 aromatic carbocycles. The fourth-order valence-electron chi connectivity index (χ4n) is 2.36. The predicted octanol–water partition coefficient (Wildman–Crippen LogP) is 4.17. The summed E-state index contributed by atoms with van der Waals surface area (Å²) in [6.45, 7) is 2.04. The summed E-state index contributed by atoms with van der Waals surface area (Å²) in [4.78, 5) is 12.2. The first kappa shape index (κ1) is 11.7. The summed E-state index contributed by atoms with van der Waals surface area (Å²) >= 11 is 0. The molecule has 2 nitrogen and oxygen atoms in total. The number of hydrogen-bond acceptors (Lipinski definition) is 2. The zero-order valence-electron chi connectivity index (χ0n) is 10.7. The van der Waals surface area contributed by atoms with Crippen molar-refractivity contribution < 1.29 is 9.21 Å². The minimum absolute atomic E-state index is 0.0180. The molecule has 0 spiro atoms. The van der Waals surface area contributed by atoms with E-state index in [0.29, 0.717) is 12.2 Å². The van der Waals surface area contributed by atoms with Crippen molar-refractivity contribution in [1.29, 1.82) is 0 Å². The molecule has 1 heterocycles. The quantitative estimate of drug-likeness (QED) is 0.653. The van der Waals surface area contributed by atoms with Gasteiger partial charge in [0.2, 0.25) is 5.78 Å². The number of Topliss-reactive ketones (excluding diaryl/α,β-unsaturated/α-hetero) is 1. The topological polar surface area (TPSA) is 30.2 Å². The summed E-state index contributed by atoms with van der Waals surface area (Å²) in [7, 11) is 0. The Labute approximate surface area is 111 Å². The normalized spacial score (nSPS) is 10.8. The van der Waals surface area contributed by atoms with Gasteiger partial charge >= 0.3 is 0 Å². The lowest BCUT2D eigenvalue weighted by molar-refractivity contribution is 0.0966.